The van der Waals surface area contributed by atoms with Crippen molar-refractivity contribution in [2.24, 2.45) is 12.8 Å². The molecule has 0 amide bonds. The zero-order valence-electron chi connectivity index (χ0n) is 10.5. The first-order chi connectivity index (χ1) is 8.67. The maximum atomic E-state index is 6.23. The van der Waals surface area contributed by atoms with Gasteiger partial charge in [-0.3, -0.25) is 4.68 Å². The van der Waals surface area contributed by atoms with Gasteiger partial charge in [-0.1, -0.05) is 0 Å². The molecular weight excluding hydrogens is 250 g/mol. The van der Waals surface area contributed by atoms with E-state index >= 15 is 0 Å². The molecule has 2 aliphatic rings. The van der Waals surface area contributed by atoms with Gasteiger partial charge < -0.3 is 15.2 Å². The Morgan fingerprint density at radius 2 is 2.28 bits per heavy atom. The zero-order chi connectivity index (χ0) is 12.6. The second kappa shape index (κ2) is 4.85. The van der Waals surface area contributed by atoms with E-state index in [-0.39, 0.29) is 11.8 Å². The number of aromatic nitrogens is 2. The Morgan fingerprint density at radius 3 is 2.94 bits per heavy atom. The average molecular weight is 269 g/mol. The summed E-state index contributed by atoms with van der Waals surface area (Å²) in [4.78, 5) is 1.16. The number of nitrogens with zero attached hydrogens (tertiary/aromatic N) is 2. The molecule has 1 aliphatic heterocycles. The molecule has 2 atom stereocenters. The van der Waals surface area contributed by atoms with Crippen LogP contribution < -0.4 is 5.73 Å². The van der Waals surface area contributed by atoms with Gasteiger partial charge in [-0.25, -0.2) is 0 Å². The SMILES string of the molecule is Cn1cc(SC2CC3(CCC2N)OCCO3)cn1. The molecule has 0 aromatic carbocycles. The van der Waals surface area contributed by atoms with Crippen molar-refractivity contribution in [2.45, 2.75) is 41.2 Å². The van der Waals surface area contributed by atoms with Crippen LogP contribution in [0.1, 0.15) is 19.3 Å². The number of hydrogen-bond acceptors (Lipinski definition) is 5. The van der Waals surface area contributed by atoms with Crippen LogP contribution in [0.2, 0.25) is 0 Å². The molecule has 1 aromatic heterocycles. The van der Waals surface area contributed by atoms with Gasteiger partial charge >= 0.3 is 0 Å². The predicted molar refractivity (Wildman–Crippen MR) is 69.3 cm³/mol. The van der Waals surface area contributed by atoms with Gasteiger partial charge in [-0.2, -0.15) is 5.10 Å². The summed E-state index contributed by atoms with van der Waals surface area (Å²) in [6, 6.07) is 0.202. The highest BCUT2D eigenvalue weighted by atomic mass is 32.2. The Labute approximate surface area is 111 Å². The molecule has 100 valence electrons. The lowest BCUT2D eigenvalue weighted by Crippen LogP contribution is -2.47. The molecule has 1 aromatic rings. The van der Waals surface area contributed by atoms with Crippen molar-refractivity contribution in [1.82, 2.24) is 9.78 Å². The van der Waals surface area contributed by atoms with Crippen molar-refractivity contribution in [2.75, 3.05) is 13.2 Å². The van der Waals surface area contributed by atoms with Crippen LogP contribution in [0.3, 0.4) is 0 Å². The van der Waals surface area contributed by atoms with Crippen LogP contribution in [0.4, 0.5) is 0 Å². The Balaban J connectivity index is 1.69. The topological polar surface area (TPSA) is 62.3 Å². The minimum atomic E-state index is -0.365. The summed E-state index contributed by atoms with van der Waals surface area (Å²) < 4.78 is 13.4. The summed E-state index contributed by atoms with van der Waals surface area (Å²) in [6.07, 6.45) is 6.65. The normalized spacial score (nSPS) is 31.0. The van der Waals surface area contributed by atoms with Crippen LogP contribution in [0, 0.1) is 0 Å². The molecule has 1 aliphatic carbocycles. The second-order valence-electron chi connectivity index (χ2n) is 5.02. The number of thioether (sulfide) groups is 1. The molecule has 6 heteroatoms. The van der Waals surface area contributed by atoms with Gasteiger partial charge in [0.2, 0.25) is 0 Å². The molecular formula is C12H19N3O2S. The van der Waals surface area contributed by atoms with Crippen molar-refractivity contribution in [1.29, 1.82) is 0 Å². The maximum Gasteiger partial charge on any atom is 0.169 e. The Kier molecular flexibility index (Phi) is 3.36. The third-order valence-corrected chi connectivity index (χ3v) is 4.93. The van der Waals surface area contributed by atoms with E-state index in [0.717, 1.165) is 24.2 Å². The van der Waals surface area contributed by atoms with Crippen LogP contribution in [-0.4, -0.2) is 40.1 Å². The van der Waals surface area contributed by atoms with Crippen LogP contribution in [-0.2, 0) is 16.5 Å². The number of nitrogens with two attached hydrogens (primary N) is 1. The largest absolute Gasteiger partial charge is 0.347 e. The van der Waals surface area contributed by atoms with E-state index in [1.807, 2.05) is 24.1 Å². The van der Waals surface area contributed by atoms with Crippen LogP contribution in [0.5, 0.6) is 0 Å². The molecule has 2 fully saturated rings. The van der Waals surface area contributed by atoms with Crippen LogP contribution in [0.25, 0.3) is 0 Å². The summed E-state index contributed by atoms with van der Waals surface area (Å²) in [5, 5.41) is 4.52. The molecule has 18 heavy (non-hydrogen) atoms. The summed E-state index contributed by atoms with van der Waals surface area (Å²) in [5.74, 6) is -0.365. The monoisotopic (exact) mass is 269 g/mol. The summed E-state index contributed by atoms with van der Waals surface area (Å²) in [6.45, 7) is 1.42. The van der Waals surface area contributed by atoms with Crippen molar-refractivity contribution in [3.63, 3.8) is 0 Å². The molecule has 1 spiro atoms. The zero-order valence-corrected chi connectivity index (χ0v) is 11.4. The standard InChI is InChI=1S/C12H19N3O2S/c1-15-8-9(7-14-15)18-11-6-12(3-2-10(11)13)16-4-5-17-12/h7-8,10-11H,2-6,13H2,1H3. The summed E-state index contributed by atoms with van der Waals surface area (Å²) in [7, 11) is 1.93. The molecule has 2 unspecified atom stereocenters. The average Bonchev–Trinajstić information content (AvgIpc) is 2.95. The van der Waals surface area contributed by atoms with Crippen molar-refractivity contribution >= 4 is 11.8 Å². The smallest absolute Gasteiger partial charge is 0.169 e. The molecule has 2 N–H and O–H groups in total. The van der Waals surface area contributed by atoms with Gasteiger partial charge in [0.1, 0.15) is 0 Å². The molecule has 3 rings (SSSR count). The van der Waals surface area contributed by atoms with Gasteiger partial charge in [-0.15, -0.1) is 11.8 Å². The minimum absolute atomic E-state index is 0.202. The van der Waals surface area contributed by atoms with E-state index in [4.69, 9.17) is 15.2 Å². The second-order valence-corrected chi connectivity index (χ2v) is 6.33. The third-order valence-electron chi connectivity index (χ3n) is 3.63. The first kappa shape index (κ1) is 12.5. The van der Waals surface area contributed by atoms with Crippen molar-refractivity contribution < 1.29 is 9.47 Å². The first-order valence-corrected chi connectivity index (χ1v) is 7.24. The molecule has 1 saturated carbocycles. The predicted octanol–water partition coefficient (Wildman–Crippen LogP) is 1.14. The lowest BCUT2D eigenvalue weighted by molar-refractivity contribution is -0.176. The fourth-order valence-corrected chi connectivity index (χ4v) is 3.97. The summed E-state index contributed by atoms with van der Waals surface area (Å²) in [5.41, 5.74) is 6.23. The number of aryl methyl sites for hydroxylation is 1. The Bertz CT molecular complexity index is 417. The molecule has 1 saturated heterocycles. The van der Waals surface area contributed by atoms with Crippen molar-refractivity contribution in [3.8, 4) is 0 Å². The van der Waals surface area contributed by atoms with Gasteiger partial charge in [0.05, 0.1) is 19.4 Å². The highest BCUT2D eigenvalue weighted by molar-refractivity contribution is 8.00. The van der Waals surface area contributed by atoms with Gasteiger partial charge in [0.15, 0.2) is 5.79 Å². The van der Waals surface area contributed by atoms with E-state index in [0.29, 0.717) is 18.5 Å². The van der Waals surface area contributed by atoms with E-state index in [1.165, 1.54) is 0 Å². The van der Waals surface area contributed by atoms with Gasteiger partial charge in [-0.05, 0) is 6.42 Å². The highest BCUT2D eigenvalue weighted by Crippen LogP contribution is 2.41. The van der Waals surface area contributed by atoms with E-state index in [9.17, 15) is 0 Å². The van der Waals surface area contributed by atoms with Crippen LogP contribution >= 0.6 is 11.8 Å². The van der Waals surface area contributed by atoms with Gasteiger partial charge in [0.25, 0.3) is 0 Å². The van der Waals surface area contributed by atoms with E-state index in [2.05, 4.69) is 5.10 Å². The van der Waals surface area contributed by atoms with E-state index < -0.39 is 0 Å². The highest BCUT2D eigenvalue weighted by Gasteiger charge is 2.44. The first-order valence-electron chi connectivity index (χ1n) is 6.36. The maximum absolute atomic E-state index is 6.23. The fraction of sp³-hybridized carbons (Fsp3) is 0.750. The number of rotatable bonds is 2. The quantitative estimate of drug-likeness (QED) is 0.872. The van der Waals surface area contributed by atoms with Crippen LogP contribution in [0.15, 0.2) is 17.3 Å². The molecule has 0 radical (unpaired) electrons. The summed E-state index contributed by atoms with van der Waals surface area (Å²) >= 11 is 1.79. The Morgan fingerprint density at radius 1 is 1.50 bits per heavy atom. The number of ether oxygens (including phenoxy) is 2. The third kappa shape index (κ3) is 2.42. The van der Waals surface area contributed by atoms with Crippen molar-refractivity contribution in [3.05, 3.63) is 12.4 Å². The Hall–Kier alpha value is -0.560. The number of hydrogen-bond donors (Lipinski definition) is 1. The molecule has 5 nitrogen and oxygen atoms in total. The molecule has 2 heterocycles. The lowest BCUT2D eigenvalue weighted by Gasteiger charge is -2.39. The van der Waals surface area contributed by atoms with Gasteiger partial charge in [0, 0.05) is 42.3 Å². The minimum Gasteiger partial charge on any atom is -0.347 e. The molecule has 0 bridgehead atoms. The fourth-order valence-electron chi connectivity index (χ4n) is 2.66. The van der Waals surface area contributed by atoms with E-state index in [1.54, 1.807) is 11.8 Å². The lowest BCUT2D eigenvalue weighted by atomic mass is 9.90.